The number of aromatic amines is 2. The van der Waals surface area contributed by atoms with Gasteiger partial charge in [-0.3, -0.25) is 5.10 Å². The minimum Gasteiger partial charge on any atom is -0.457 e. The van der Waals surface area contributed by atoms with E-state index in [4.69, 9.17) is 4.74 Å². The molecule has 0 atom stereocenters. The zero-order chi connectivity index (χ0) is 17.2. The van der Waals surface area contributed by atoms with Crippen LogP contribution >= 0.6 is 0 Å². The van der Waals surface area contributed by atoms with E-state index in [2.05, 4.69) is 30.6 Å². The number of benzene rings is 2. The third kappa shape index (κ3) is 3.09. The van der Waals surface area contributed by atoms with Crippen molar-refractivity contribution in [2.45, 2.75) is 13.5 Å². The molecule has 2 aromatic carbocycles. The predicted molar refractivity (Wildman–Crippen MR) is 89.6 cm³/mol. The van der Waals surface area contributed by atoms with Gasteiger partial charge in [0.15, 0.2) is 5.82 Å². The van der Waals surface area contributed by atoms with Crippen molar-refractivity contribution in [2.75, 3.05) is 0 Å². The van der Waals surface area contributed by atoms with Crippen LogP contribution in [0.2, 0.25) is 0 Å². The lowest BCUT2D eigenvalue weighted by atomic mass is 10.1. The fourth-order valence-electron chi connectivity index (χ4n) is 2.44. The number of nitrogens with zero attached hydrogens (tertiary/aromatic N) is 4. The fourth-order valence-corrected chi connectivity index (χ4v) is 2.44. The smallest absolute Gasteiger partial charge is 0.338 e. The predicted octanol–water partition coefficient (Wildman–Crippen LogP) is 2.41. The first-order valence-electron chi connectivity index (χ1n) is 7.65. The zero-order valence-electron chi connectivity index (χ0n) is 13.4. The molecule has 0 aliphatic rings. The van der Waals surface area contributed by atoms with Crippen molar-refractivity contribution >= 4 is 17.0 Å². The average Bonchev–Trinajstić information content (AvgIpc) is 3.28. The van der Waals surface area contributed by atoms with E-state index in [-0.39, 0.29) is 6.61 Å². The van der Waals surface area contributed by atoms with E-state index in [0.29, 0.717) is 11.4 Å². The summed E-state index contributed by atoms with van der Waals surface area (Å²) in [6.45, 7) is 2.00. The number of ether oxygens (including phenoxy) is 1. The highest BCUT2D eigenvalue weighted by Gasteiger charge is 2.10. The molecule has 0 amide bonds. The summed E-state index contributed by atoms with van der Waals surface area (Å²) in [5, 5.41) is 17.4. The van der Waals surface area contributed by atoms with E-state index in [0.717, 1.165) is 28.0 Å². The van der Waals surface area contributed by atoms with Gasteiger partial charge < -0.3 is 4.74 Å². The van der Waals surface area contributed by atoms with Crippen LogP contribution in [0.5, 0.6) is 0 Å². The van der Waals surface area contributed by atoms with Gasteiger partial charge in [-0.05, 0) is 36.8 Å². The quantitative estimate of drug-likeness (QED) is 0.555. The summed E-state index contributed by atoms with van der Waals surface area (Å²) in [5.74, 6) is 0.943. The van der Waals surface area contributed by atoms with Crippen LogP contribution in [-0.2, 0) is 11.3 Å². The summed E-state index contributed by atoms with van der Waals surface area (Å²) in [6.07, 6.45) is 0. The first-order chi connectivity index (χ1) is 12.2. The molecule has 0 fully saturated rings. The number of carbonyl (C=O) groups is 1. The van der Waals surface area contributed by atoms with Crippen molar-refractivity contribution in [1.29, 1.82) is 0 Å². The Labute approximate surface area is 142 Å². The van der Waals surface area contributed by atoms with Gasteiger partial charge in [-0.1, -0.05) is 18.2 Å². The Morgan fingerprint density at radius 3 is 2.60 bits per heavy atom. The number of rotatable bonds is 4. The molecule has 0 aliphatic carbocycles. The van der Waals surface area contributed by atoms with Gasteiger partial charge in [-0.2, -0.15) is 20.5 Å². The summed E-state index contributed by atoms with van der Waals surface area (Å²) in [5.41, 5.74) is 3.66. The molecule has 4 aromatic rings. The first-order valence-corrected chi connectivity index (χ1v) is 7.65. The van der Waals surface area contributed by atoms with Crippen LogP contribution in [0.4, 0.5) is 0 Å². The molecule has 2 N–H and O–H groups in total. The molecule has 0 spiro atoms. The molecule has 8 nitrogen and oxygen atoms in total. The van der Waals surface area contributed by atoms with E-state index in [1.807, 2.05) is 25.1 Å². The van der Waals surface area contributed by atoms with E-state index in [1.54, 1.807) is 24.3 Å². The summed E-state index contributed by atoms with van der Waals surface area (Å²) >= 11 is 0. The molecular weight excluding hydrogens is 320 g/mol. The minimum atomic E-state index is -0.391. The van der Waals surface area contributed by atoms with E-state index < -0.39 is 5.97 Å². The summed E-state index contributed by atoms with van der Waals surface area (Å²) in [4.78, 5) is 16.4. The number of aromatic nitrogens is 6. The third-order valence-electron chi connectivity index (χ3n) is 3.73. The Morgan fingerprint density at radius 2 is 1.84 bits per heavy atom. The second-order valence-electron chi connectivity index (χ2n) is 5.54. The second-order valence-corrected chi connectivity index (χ2v) is 5.54. The largest absolute Gasteiger partial charge is 0.457 e. The molecule has 0 saturated carbocycles. The lowest BCUT2D eigenvalue weighted by Gasteiger charge is -2.05. The lowest BCUT2D eigenvalue weighted by molar-refractivity contribution is 0.0473. The zero-order valence-corrected chi connectivity index (χ0v) is 13.4. The van der Waals surface area contributed by atoms with Crippen LogP contribution in [0.1, 0.15) is 21.7 Å². The Kier molecular flexibility index (Phi) is 3.70. The maximum absolute atomic E-state index is 12.2. The standard InChI is InChI=1S/C17H14N6O2/c1-10-18-16(22-19-10)12-3-5-13(6-4-12)17(24)25-9-11-2-7-14-15(8-11)21-23-20-14/h2-8H,9H2,1H3,(H,18,19,22)(H,20,21,23). The first kappa shape index (κ1) is 15.0. The highest BCUT2D eigenvalue weighted by Crippen LogP contribution is 2.17. The van der Waals surface area contributed by atoms with Gasteiger partial charge in [0.05, 0.1) is 5.56 Å². The van der Waals surface area contributed by atoms with Gasteiger partial charge in [0, 0.05) is 5.56 Å². The van der Waals surface area contributed by atoms with Gasteiger partial charge in [0.2, 0.25) is 0 Å². The van der Waals surface area contributed by atoms with Crippen LogP contribution in [-0.4, -0.2) is 36.6 Å². The topological polar surface area (TPSA) is 109 Å². The van der Waals surface area contributed by atoms with Crippen molar-refractivity contribution in [3.63, 3.8) is 0 Å². The summed E-state index contributed by atoms with van der Waals surface area (Å²) < 4.78 is 5.35. The molecular formula is C17H14N6O2. The fraction of sp³-hybridized carbons (Fsp3) is 0.118. The molecule has 0 radical (unpaired) electrons. The SMILES string of the molecule is Cc1nc(-c2ccc(C(=O)OCc3ccc4n[nH]nc4c3)cc2)n[nH]1. The maximum Gasteiger partial charge on any atom is 0.338 e. The number of hydrogen-bond donors (Lipinski definition) is 2. The van der Waals surface area contributed by atoms with Crippen molar-refractivity contribution in [3.8, 4) is 11.4 Å². The average molecular weight is 334 g/mol. The molecule has 0 aliphatic heterocycles. The monoisotopic (exact) mass is 334 g/mol. The molecule has 25 heavy (non-hydrogen) atoms. The molecule has 0 unspecified atom stereocenters. The van der Waals surface area contributed by atoms with Gasteiger partial charge in [-0.25, -0.2) is 9.78 Å². The number of aryl methyl sites for hydroxylation is 1. The molecule has 0 bridgehead atoms. The van der Waals surface area contributed by atoms with Crippen LogP contribution in [0.25, 0.3) is 22.4 Å². The van der Waals surface area contributed by atoms with E-state index >= 15 is 0 Å². The lowest BCUT2D eigenvalue weighted by Crippen LogP contribution is -2.05. The van der Waals surface area contributed by atoms with Crippen molar-refractivity contribution < 1.29 is 9.53 Å². The van der Waals surface area contributed by atoms with Gasteiger partial charge >= 0.3 is 5.97 Å². The number of esters is 1. The Balaban J connectivity index is 1.43. The number of H-pyrrole nitrogens is 2. The Morgan fingerprint density at radius 1 is 1.04 bits per heavy atom. The molecule has 2 heterocycles. The van der Waals surface area contributed by atoms with Crippen LogP contribution in [0, 0.1) is 6.92 Å². The number of nitrogens with one attached hydrogen (secondary N) is 2. The molecule has 124 valence electrons. The summed E-state index contributed by atoms with van der Waals surface area (Å²) in [6, 6.07) is 12.5. The number of fused-ring (bicyclic) bond motifs is 1. The Hall–Kier alpha value is -3.55. The van der Waals surface area contributed by atoms with E-state index in [9.17, 15) is 4.79 Å². The van der Waals surface area contributed by atoms with Crippen LogP contribution in [0.15, 0.2) is 42.5 Å². The molecule has 2 aromatic heterocycles. The third-order valence-corrected chi connectivity index (χ3v) is 3.73. The Bertz CT molecular complexity index is 1030. The molecule has 8 heteroatoms. The number of hydrogen-bond acceptors (Lipinski definition) is 6. The van der Waals surface area contributed by atoms with Crippen molar-refractivity contribution in [3.05, 3.63) is 59.4 Å². The van der Waals surface area contributed by atoms with E-state index in [1.165, 1.54) is 0 Å². The normalized spacial score (nSPS) is 10.9. The van der Waals surface area contributed by atoms with Crippen LogP contribution < -0.4 is 0 Å². The summed E-state index contributed by atoms with van der Waals surface area (Å²) in [7, 11) is 0. The molecule has 4 rings (SSSR count). The van der Waals surface area contributed by atoms with Gasteiger partial charge in [0.1, 0.15) is 23.5 Å². The van der Waals surface area contributed by atoms with Crippen molar-refractivity contribution in [1.82, 2.24) is 30.6 Å². The van der Waals surface area contributed by atoms with Gasteiger partial charge in [-0.15, -0.1) is 0 Å². The van der Waals surface area contributed by atoms with Crippen molar-refractivity contribution in [2.24, 2.45) is 0 Å². The highest BCUT2D eigenvalue weighted by atomic mass is 16.5. The minimum absolute atomic E-state index is 0.170. The highest BCUT2D eigenvalue weighted by molar-refractivity contribution is 5.90. The molecule has 0 saturated heterocycles. The van der Waals surface area contributed by atoms with Gasteiger partial charge in [0.25, 0.3) is 0 Å². The number of carbonyl (C=O) groups excluding carboxylic acids is 1. The second kappa shape index (κ2) is 6.16. The maximum atomic E-state index is 12.2. The van der Waals surface area contributed by atoms with Crippen LogP contribution in [0.3, 0.4) is 0 Å².